The van der Waals surface area contributed by atoms with E-state index in [4.69, 9.17) is 4.74 Å². The highest BCUT2D eigenvalue weighted by Crippen LogP contribution is 2.41. The highest BCUT2D eigenvalue weighted by molar-refractivity contribution is 7.11. The number of hydrogen-bond donors (Lipinski definition) is 2. The van der Waals surface area contributed by atoms with Crippen molar-refractivity contribution in [1.82, 2.24) is 15.6 Å². The van der Waals surface area contributed by atoms with Crippen LogP contribution in [-0.4, -0.2) is 31.6 Å². The summed E-state index contributed by atoms with van der Waals surface area (Å²) in [6.45, 7) is 3.74. The highest BCUT2D eigenvalue weighted by Gasteiger charge is 2.36. The molecule has 2 N–H and O–H groups in total. The molecule has 0 bridgehead atoms. The number of rotatable bonds is 7. The molecular weight excluding hydrogens is 356 g/mol. The first-order valence-corrected chi connectivity index (χ1v) is 10.5. The number of methoxy groups -OCH3 is 1. The van der Waals surface area contributed by atoms with Crippen LogP contribution in [0.25, 0.3) is 0 Å². The van der Waals surface area contributed by atoms with Crippen LogP contribution in [0.3, 0.4) is 0 Å². The molecule has 3 rings (SSSR count). The predicted octanol–water partition coefficient (Wildman–Crippen LogP) is 3.89. The Balaban J connectivity index is 1.63. The Bertz CT molecular complexity index is 765. The molecule has 1 fully saturated rings. The van der Waals surface area contributed by atoms with Crippen LogP contribution < -0.4 is 15.4 Å². The second-order valence-corrected chi connectivity index (χ2v) is 8.27. The average Bonchev–Trinajstić information content (AvgIpc) is 3.38. The zero-order valence-electron chi connectivity index (χ0n) is 16.5. The molecule has 1 aliphatic rings. The zero-order chi connectivity index (χ0) is 19.1. The fourth-order valence-corrected chi connectivity index (χ4v) is 4.60. The number of benzene rings is 1. The molecule has 0 amide bonds. The van der Waals surface area contributed by atoms with E-state index in [1.807, 2.05) is 19.3 Å². The van der Waals surface area contributed by atoms with Crippen molar-refractivity contribution in [3.8, 4) is 5.75 Å². The lowest BCUT2D eigenvalue weighted by Gasteiger charge is -2.31. The number of aromatic nitrogens is 1. The highest BCUT2D eigenvalue weighted by atomic mass is 32.1. The van der Waals surface area contributed by atoms with Crippen molar-refractivity contribution in [2.45, 2.75) is 51.0 Å². The first-order chi connectivity index (χ1) is 13.2. The van der Waals surface area contributed by atoms with Gasteiger partial charge in [0.25, 0.3) is 0 Å². The Labute approximate surface area is 166 Å². The standard InChI is InChI=1S/C21H30N4OS/c1-4-18-13-23-19(27-18)14-24-20(22-2)25-15-21(10-5-6-11-21)16-8-7-9-17(12-16)26-3/h7-9,12-13H,4-6,10-11,14-15H2,1-3H3,(H2,22,24,25). The lowest BCUT2D eigenvalue weighted by Crippen LogP contribution is -2.44. The monoisotopic (exact) mass is 386 g/mol. The van der Waals surface area contributed by atoms with Gasteiger partial charge in [0.1, 0.15) is 10.8 Å². The molecule has 2 aromatic rings. The number of aliphatic imine (C=N–C) groups is 1. The summed E-state index contributed by atoms with van der Waals surface area (Å²) in [6, 6.07) is 8.52. The van der Waals surface area contributed by atoms with Gasteiger partial charge in [-0.3, -0.25) is 4.99 Å². The molecule has 0 radical (unpaired) electrons. The van der Waals surface area contributed by atoms with Gasteiger partial charge in [0.15, 0.2) is 5.96 Å². The van der Waals surface area contributed by atoms with Crippen LogP contribution in [0, 0.1) is 0 Å². The minimum absolute atomic E-state index is 0.142. The smallest absolute Gasteiger partial charge is 0.191 e. The fourth-order valence-electron chi connectivity index (χ4n) is 3.80. The average molecular weight is 387 g/mol. The van der Waals surface area contributed by atoms with E-state index in [2.05, 4.69) is 45.7 Å². The summed E-state index contributed by atoms with van der Waals surface area (Å²) in [4.78, 5) is 10.2. The number of ether oxygens (including phenoxy) is 1. The molecule has 0 saturated heterocycles. The van der Waals surface area contributed by atoms with Gasteiger partial charge in [0.2, 0.25) is 0 Å². The molecule has 5 nitrogen and oxygen atoms in total. The first-order valence-electron chi connectivity index (χ1n) is 9.72. The van der Waals surface area contributed by atoms with Crippen LogP contribution in [0.4, 0.5) is 0 Å². The maximum Gasteiger partial charge on any atom is 0.191 e. The van der Waals surface area contributed by atoms with Crippen molar-refractivity contribution in [3.05, 3.63) is 45.9 Å². The molecule has 1 aromatic heterocycles. The largest absolute Gasteiger partial charge is 0.497 e. The Hall–Kier alpha value is -2.08. The quantitative estimate of drug-likeness (QED) is 0.560. The predicted molar refractivity (Wildman–Crippen MR) is 113 cm³/mol. The van der Waals surface area contributed by atoms with Crippen LogP contribution in [0.15, 0.2) is 35.5 Å². The molecule has 0 aliphatic heterocycles. The zero-order valence-corrected chi connectivity index (χ0v) is 17.4. The second kappa shape index (κ2) is 9.22. The second-order valence-electron chi connectivity index (χ2n) is 7.07. The first kappa shape index (κ1) is 19.7. The van der Waals surface area contributed by atoms with Crippen molar-refractivity contribution >= 4 is 17.3 Å². The molecule has 1 heterocycles. The molecule has 146 valence electrons. The van der Waals surface area contributed by atoms with E-state index in [9.17, 15) is 0 Å². The van der Waals surface area contributed by atoms with Crippen molar-refractivity contribution in [2.75, 3.05) is 20.7 Å². The minimum Gasteiger partial charge on any atom is -0.497 e. The van der Waals surface area contributed by atoms with Crippen molar-refractivity contribution in [3.63, 3.8) is 0 Å². The SMILES string of the molecule is CCc1cnc(CNC(=NC)NCC2(c3cccc(OC)c3)CCCC2)s1. The van der Waals surface area contributed by atoms with Gasteiger partial charge in [0.05, 0.1) is 13.7 Å². The number of thiazole rings is 1. The lowest BCUT2D eigenvalue weighted by molar-refractivity contribution is 0.404. The maximum absolute atomic E-state index is 5.44. The van der Waals surface area contributed by atoms with Crippen LogP contribution in [0.2, 0.25) is 0 Å². The van der Waals surface area contributed by atoms with E-state index in [1.54, 1.807) is 18.4 Å². The third-order valence-corrected chi connectivity index (χ3v) is 6.56. The number of aryl methyl sites for hydroxylation is 1. The molecule has 0 atom stereocenters. The molecule has 27 heavy (non-hydrogen) atoms. The van der Waals surface area contributed by atoms with Crippen LogP contribution in [-0.2, 0) is 18.4 Å². The number of nitrogens with one attached hydrogen (secondary N) is 2. The van der Waals surface area contributed by atoms with Gasteiger partial charge in [-0.05, 0) is 37.0 Å². The summed E-state index contributed by atoms with van der Waals surface area (Å²) in [5, 5.41) is 8.05. The summed E-state index contributed by atoms with van der Waals surface area (Å²) >= 11 is 1.76. The van der Waals surface area contributed by atoms with Gasteiger partial charge in [-0.2, -0.15) is 0 Å². The molecule has 6 heteroatoms. The Morgan fingerprint density at radius 3 is 2.78 bits per heavy atom. The molecule has 1 aliphatic carbocycles. The van der Waals surface area contributed by atoms with Gasteiger partial charge >= 0.3 is 0 Å². The lowest BCUT2D eigenvalue weighted by atomic mass is 9.78. The summed E-state index contributed by atoms with van der Waals surface area (Å²) in [6.07, 6.45) is 7.92. The summed E-state index contributed by atoms with van der Waals surface area (Å²) in [5.74, 6) is 1.76. The Kier molecular flexibility index (Phi) is 6.72. The Morgan fingerprint density at radius 2 is 2.11 bits per heavy atom. The minimum atomic E-state index is 0.142. The maximum atomic E-state index is 5.44. The third kappa shape index (κ3) is 4.80. The van der Waals surface area contributed by atoms with E-state index >= 15 is 0 Å². The van der Waals surface area contributed by atoms with E-state index < -0.39 is 0 Å². The van der Waals surface area contributed by atoms with Gasteiger partial charge in [-0.25, -0.2) is 4.98 Å². The molecule has 0 spiro atoms. The van der Waals surface area contributed by atoms with E-state index in [-0.39, 0.29) is 5.41 Å². The van der Waals surface area contributed by atoms with Crippen molar-refractivity contribution in [2.24, 2.45) is 4.99 Å². The molecular formula is C21H30N4OS. The third-order valence-electron chi connectivity index (χ3n) is 5.42. The van der Waals surface area contributed by atoms with E-state index in [0.29, 0.717) is 6.54 Å². The number of nitrogens with zero attached hydrogens (tertiary/aromatic N) is 2. The summed E-state index contributed by atoms with van der Waals surface area (Å²) in [5.41, 5.74) is 1.50. The van der Waals surface area contributed by atoms with Crippen molar-refractivity contribution in [1.29, 1.82) is 0 Å². The normalized spacial score (nSPS) is 16.3. The van der Waals surface area contributed by atoms with Crippen LogP contribution >= 0.6 is 11.3 Å². The number of guanidine groups is 1. The van der Waals surface area contributed by atoms with Crippen molar-refractivity contribution < 1.29 is 4.74 Å². The Morgan fingerprint density at radius 1 is 1.30 bits per heavy atom. The fraction of sp³-hybridized carbons (Fsp3) is 0.524. The van der Waals surface area contributed by atoms with E-state index in [0.717, 1.165) is 29.7 Å². The van der Waals surface area contributed by atoms with E-state index in [1.165, 1.54) is 36.1 Å². The van der Waals surface area contributed by atoms with Crippen LogP contribution in [0.1, 0.15) is 48.1 Å². The van der Waals surface area contributed by atoms with Gasteiger partial charge in [0, 0.05) is 30.1 Å². The number of hydrogen-bond acceptors (Lipinski definition) is 4. The van der Waals surface area contributed by atoms with Crippen LogP contribution in [0.5, 0.6) is 5.75 Å². The molecule has 1 saturated carbocycles. The van der Waals surface area contributed by atoms with Gasteiger partial charge in [-0.1, -0.05) is 31.9 Å². The summed E-state index contributed by atoms with van der Waals surface area (Å²) in [7, 11) is 3.55. The van der Waals surface area contributed by atoms with Gasteiger partial charge < -0.3 is 15.4 Å². The van der Waals surface area contributed by atoms with Gasteiger partial charge in [-0.15, -0.1) is 11.3 Å². The molecule has 0 unspecified atom stereocenters. The topological polar surface area (TPSA) is 58.5 Å². The molecule has 1 aromatic carbocycles. The summed E-state index contributed by atoms with van der Waals surface area (Å²) < 4.78 is 5.44.